The minimum Gasteiger partial charge on any atom is -0.492 e. The fourth-order valence-electron chi connectivity index (χ4n) is 2.57. The maximum absolute atomic E-state index is 11.1. The molecule has 0 atom stereocenters. The maximum Gasteiger partial charge on any atom is 0.221 e. The van der Waals surface area contributed by atoms with Gasteiger partial charge in [-0.05, 0) is 29.8 Å². The van der Waals surface area contributed by atoms with Crippen molar-refractivity contribution in [2.75, 3.05) is 32.6 Å². The molecule has 0 fully saturated rings. The molecule has 27 heavy (non-hydrogen) atoms. The van der Waals surface area contributed by atoms with Crippen LogP contribution in [0.4, 0.5) is 5.69 Å². The Kier molecular flexibility index (Phi) is 7.95. The minimum absolute atomic E-state index is 0.111. The molecular formula is C20H25ClN4O2. The Hall–Kier alpha value is -2.73. The number of ether oxygens (including phenoxy) is 1. The molecule has 0 aromatic heterocycles. The third-order valence-electron chi connectivity index (χ3n) is 3.69. The summed E-state index contributed by atoms with van der Waals surface area (Å²) in [4.78, 5) is 17.4. The fraction of sp³-hybridized carbons (Fsp3) is 0.300. The zero-order valence-corrected chi connectivity index (χ0v) is 16.6. The summed E-state index contributed by atoms with van der Waals surface area (Å²) >= 11 is 6.04. The van der Waals surface area contributed by atoms with Gasteiger partial charge in [0.1, 0.15) is 12.4 Å². The monoisotopic (exact) mass is 388 g/mol. The number of aliphatic imine (C=N–C) groups is 1. The number of hydrogen-bond donors (Lipinski definition) is 2. The quantitative estimate of drug-likeness (QED) is 0.433. The molecular weight excluding hydrogens is 364 g/mol. The number of nitrogens with zero attached hydrogens (tertiary/aromatic N) is 2. The number of anilines is 1. The lowest BCUT2D eigenvalue weighted by Gasteiger charge is -2.22. The highest BCUT2D eigenvalue weighted by Crippen LogP contribution is 2.17. The van der Waals surface area contributed by atoms with E-state index in [4.69, 9.17) is 16.3 Å². The third-order valence-corrected chi connectivity index (χ3v) is 3.93. The summed E-state index contributed by atoms with van der Waals surface area (Å²) in [6.45, 7) is 3.23. The van der Waals surface area contributed by atoms with Crippen molar-refractivity contribution in [2.24, 2.45) is 4.99 Å². The van der Waals surface area contributed by atoms with Gasteiger partial charge in [0.2, 0.25) is 5.91 Å². The number of rotatable bonds is 7. The standard InChI is InChI=1S/C20H25ClN4O2/c1-15(26)24-18-8-5-9-19(13-18)27-11-10-23-20(22-2)25(3)14-16-6-4-7-17(21)12-16/h4-9,12-13H,10-11,14H2,1-3H3,(H,22,23)(H,24,26). The van der Waals surface area contributed by atoms with Gasteiger partial charge in [0.15, 0.2) is 5.96 Å². The molecule has 1 amide bonds. The zero-order valence-electron chi connectivity index (χ0n) is 15.8. The van der Waals surface area contributed by atoms with Crippen molar-refractivity contribution < 1.29 is 9.53 Å². The second kappa shape index (κ2) is 10.4. The van der Waals surface area contributed by atoms with E-state index in [1.165, 1.54) is 6.92 Å². The molecule has 0 bridgehead atoms. The number of carbonyl (C=O) groups excluding carboxylic acids is 1. The average Bonchev–Trinajstić information content (AvgIpc) is 2.61. The number of nitrogens with one attached hydrogen (secondary N) is 2. The predicted molar refractivity (Wildman–Crippen MR) is 111 cm³/mol. The second-order valence-electron chi connectivity index (χ2n) is 6.02. The highest BCUT2D eigenvalue weighted by Gasteiger charge is 2.07. The highest BCUT2D eigenvalue weighted by molar-refractivity contribution is 6.30. The number of amides is 1. The Morgan fingerprint density at radius 3 is 2.70 bits per heavy atom. The molecule has 7 heteroatoms. The minimum atomic E-state index is -0.111. The first-order chi connectivity index (χ1) is 13.0. The average molecular weight is 389 g/mol. The van der Waals surface area contributed by atoms with Gasteiger partial charge < -0.3 is 20.3 Å². The largest absolute Gasteiger partial charge is 0.492 e. The number of halogens is 1. The van der Waals surface area contributed by atoms with Crippen molar-refractivity contribution in [1.82, 2.24) is 10.2 Å². The van der Waals surface area contributed by atoms with Crippen molar-refractivity contribution >= 4 is 29.2 Å². The van der Waals surface area contributed by atoms with Crippen LogP contribution in [0.5, 0.6) is 5.75 Å². The van der Waals surface area contributed by atoms with Gasteiger partial charge in [-0.25, -0.2) is 0 Å². The molecule has 2 N–H and O–H groups in total. The van der Waals surface area contributed by atoms with Crippen molar-refractivity contribution in [3.05, 3.63) is 59.1 Å². The molecule has 0 radical (unpaired) electrons. The summed E-state index contributed by atoms with van der Waals surface area (Å²) in [5.41, 5.74) is 1.82. The topological polar surface area (TPSA) is 66.0 Å². The van der Waals surface area contributed by atoms with E-state index in [0.29, 0.717) is 31.1 Å². The second-order valence-corrected chi connectivity index (χ2v) is 6.45. The van der Waals surface area contributed by atoms with Crippen LogP contribution in [0, 0.1) is 0 Å². The van der Waals surface area contributed by atoms with Crippen LogP contribution in [0.2, 0.25) is 5.02 Å². The fourth-order valence-corrected chi connectivity index (χ4v) is 2.78. The molecule has 144 valence electrons. The molecule has 0 spiro atoms. The molecule has 6 nitrogen and oxygen atoms in total. The SMILES string of the molecule is CN=C(NCCOc1cccc(NC(C)=O)c1)N(C)Cc1cccc(Cl)c1. The van der Waals surface area contributed by atoms with E-state index < -0.39 is 0 Å². The number of hydrogen-bond acceptors (Lipinski definition) is 3. The number of guanidine groups is 1. The molecule has 0 aliphatic rings. The first-order valence-corrected chi connectivity index (χ1v) is 9.02. The third kappa shape index (κ3) is 7.19. The van der Waals surface area contributed by atoms with E-state index in [9.17, 15) is 4.79 Å². The Morgan fingerprint density at radius 2 is 2.00 bits per heavy atom. The molecule has 2 aromatic carbocycles. The Bertz CT molecular complexity index is 795. The predicted octanol–water partition coefficient (Wildman–Crippen LogP) is 3.38. The van der Waals surface area contributed by atoms with Crippen LogP contribution in [0.3, 0.4) is 0 Å². The van der Waals surface area contributed by atoms with Gasteiger partial charge >= 0.3 is 0 Å². The molecule has 0 saturated heterocycles. The van der Waals surface area contributed by atoms with Crippen molar-refractivity contribution in [3.63, 3.8) is 0 Å². The van der Waals surface area contributed by atoms with Gasteiger partial charge in [-0.1, -0.05) is 29.8 Å². The molecule has 0 aliphatic carbocycles. The van der Waals surface area contributed by atoms with Gasteiger partial charge in [-0.2, -0.15) is 0 Å². The van der Waals surface area contributed by atoms with Crippen molar-refractivity contribution in [2.45, 2.75) is 13.5 Å². The summed E-state index contributed by atoms with van der Waals surface area (Å²) in [5, 5.41) is 6.73. The van der Waals surface area contributed by atoms with Crippen LogP contribution < -0.4 is 15.4 Å². The lowest BCUT2D eigenvalue weighted by Crippen LogP contribution is -2.40. The van der Waals surface area contributed by atoms with Crippen LogP contribution in [0.1, 0.15) is 12.5 Å². The lowest BCUT2D eigenvalue weighted by molar-refractivity contribution is -0.114. The van der Waals surface area contributed by atoms with E-state index >= 15 is 0 Å². The zero-order chi connectivity index (χ0) is 19.6. The van der Waals surface area contributed by atoms with Gasteiger partial charge in [-0.15, -0.1) is 0 Å². The van der Waals surface area contributed by atoms with Gasteiger partial charge in [-0.3, -0.25) is 9.79 Å². The molecule has 0 unspecified atom stereocenters. The van der Waals surface area contributed by atoms with Gasteiger partial charge in [0.05, 0.1) is 6.54 Å². The molecule has 0 saturated carbocycles. The van der Waals surface area contributed by atoms with Crippen LogP contribution in [0.25, 0.3) is 0 Å². The summed E-state index contributed by atoms with van der Waals surface area (Å²) in [5.74, 6) is 1.36. The molecule has 2 aromatic rings. The maximum atomic E-state index is 11.1. The molecule has 2 rings (SSSR count). The highest BCUT2D eigenvalue weighted by atomic mass is 35.5. The Balaban J connectivity index is 1.80. The van der Waals surface area contributed by atoms with Crippen LogP contribution in [-0.2, 0) is 11.3 Å². The first-order valence-electron chi connectivity index (χ1n) is 8.64. The number of benzene rings is 2. The van der Waals surface area contributed by atoms with E-state index in [1.807, 2.05) is 54.4 Å². The summed E-state index contributed by atoms with van der Waals surface area (Å²) in [7, 11) is 3.71. The van der Waals surface area contributed by atoms with E-state index in [2.05, 4.69) is 15.6 Å². The van der Waals surface area contributed by atoms with Crippen molar-refractivity contribution in [1.29, 1.82) is 0 Å². The summed E-state index contributed by atoms with van der Waals surface area (Å²) in [6, 6.07) is 15.1. The van der Waals surface area contributed by atoms with Crippen LogP contribution in [-0.4, -0.2) is 44.0 Å². The Morgan fingerprint density at radius 1 is 1.22 bits per heavy atom. The van der Waals surface area contributed by atoms with Gasteiger partial charge in [0, 0.05) is 44.3 Å². The Labute approximate surface area is 165 Å². The van der Waals surface area contributed by atoms with E-state index in [0.717, 1.165) is 16.5 Å². The van der Waals surface area contributed by atoms with Gasteiger partial charge in [0.25, 0.3) is 0 Å². The van der Waals surface area contributed by atoms with E-state index in [1.54, 1.807) is 13.1 Å². The van der Waals surface area contributed by atoms with Crippen LogP contribution in [0.15, 0.2) is 53.5 Å². The lowest BCUT2D eigenvalue weighted by atomic mass is 10.2. The van der Waals surface area contributed by atoms with Crippen molar-refractivity contribution in [3.8, 4) is 5.75 Å². The summed E-state index contributed by atoms with van der Waals surface area (Å²) in [6.07, 6.45) is 0. The van der Waals surface area contributed by atoms with Crippen LogP contribution >= 0.6 is 11.6 Å². The normalized spacial score (nSPS) is 11.0. The molecule has 0 heterocycles. The first kappa shape index (κ1) is 20.6. The molecule has 0 aliphatic heterocycles. The van der Waals surface area contributed by atoms with E-state index in [-0.39, 0.29) is 5.91 Å². The summed E-state index contributed by atoms with van der Waals surface area (Å²) < 4.78 is 5.73. The smallest absolute Gasteiger partial charge is 0.221 e. The number of carbonyl (C=O) groups is 1.